The van der Waals surface area contributed by atoms with Crippen molar-refractivity contribution in [2.75, 3.05) is 0 Å². The summed E-state index contributed by atoms with van der Waals surface area (Å²) in [6, 6.07) is 74.1. The second-order valence-corrected chi connectivity index (χ2v) is 17.9. The average Bonchev–Trinajstić information content (AvgIpc) is 3.97. The molecule has 0 N–H and O–H groups in total. The molecule has 0 atom stereocenters. The highest BCUT2D eigenvalue weighted by Gasteiger charge is 2.51. The highest BCUT2D eigenvalue weighted by molar-refractivity contribution is 7.25. The van der Waals surface area contributed by atoms with E-state index >= 15 is 0 Å². The van der Waals surface area contributed by atoms with Crippen LogP contribution < -0.4 is 0 Å². The summed E-state index contributed by atoms with van der Waals surface area (Å²) in [5.41, 5.74) is 19.0. The standard InChI is InChI=1S/C59H34N2S/c1-3-19-46-40(14-1)41-15-2-4-20-47(41)58-57(46)60-34-54(61-58)39-13-11-12-35(30-39)36-25-28-55-48(31-36)49-32-37(26-29-56(49)62-55)38-24-27-45-44-18-7-10-23-52(44)59(53(45)33-38)50-21-8-5-16-42(50)43-17-6-9-22-51(43)59/h1-34H. The fourth-order valence-corrected chi connectivity index (χ4v) is 12.1. The summed E-state index contributed by atoms with van der Waals surface area (Å²) in [5.74, 6) is 0. The molecule has 0 fully saturated rings. The fraction of sp³-hybridized carbons (Fsp3) is 0.0169. The first kappa shape index (κ1) is 34.0. The number of fused-ring (bicyclic) bond motifs is 19. The fourth-order valence-electron chi connectivity index (χ4n) is 11.0. The third-order valence-corrected chi connectivity index (χ3v) is 14.9. The Morgan fingerprint density at radius 3 is 1.40 bits per heavy atom. The van der Waals surface area contributed by atoms with Gasteiger partial charge >= 0.3 is 0 Å². The topological polar surface area (TPSA) is 25.8 Å². The lowest BCUT2D eigenvalue weighted by Gasteiger charge is -2.30. The van der Waals surface area contributed by atoms with E-state index in [4.69, 9.17) is 9.97 Å². The van der Waals surface area contributed by atoms with E-state index in [-0.39, 0.29) is 5.41 Å². The lowest BCUT2D eigenvalue weighted by atomic mass is 9.70. The van der Waals surface area contributed by atoms with Gasteiger partial charge in [-0.05, 0) is 114 Å². The van der Waals surface area contributed by atoms with Gasteiger partial charge in [0.2, 0.25) is 0 Å². The maximum atomic E-state index is 5.30. The number of aromatic nitrogens is 2. The van der Waals surface area contributed by atoms with Gasteiger partial charge in [-0.2, -0.15) is 0 Å². The molecule has 0 saturated heterocycles. The van der Waals surface area contributed by atoms with Crippen LogP contribution in [0.4, 0.5) is 0 Å². The van der Waals surface area contributed by atoms with Crippen LogP contribution in [0.3, 0.4) is 0 Å². The quantitative estimate of drug-likeness (QED) is 0.166. The number of rotatable bonds is 3. The van der Waals surface area contributed by atoms with Crippen LogP contribution in [0.5, 0.6) is 0 Å². The van der Waals surface area contributed by atoms with Crippen molar-refractivity contribution in [1.82, 2.24) is 9.97 Å². The van der Waals surface area contributed by atoms with Crippen LogP contribution in [0.25, 0.3) is 109 Å². The van der Waals surface area contributed by atoms with Gasteiger partial charge in [0.1, 0.15) is 0 Å². The first-order valence-electron chi connectivity index (χ1n) is 21.3. The number of thiophene rings is 1. The first-order chi connectivity index (χ1) is 30.7. The molecule has 0 bridgehead atoms. The minimum atomic E-state index is -0.363. The van der Waals surface area contributed by atoms with Crippen molar-refractivity contribution < 1.29 is 0 Å². The monoisotopic (exact) mass is 802 g/mol. The van der Waals surface area contributed by atoms with Crippen LogP contribution in [-0.2, 0) is 5.41 Å². The summed E-state index contributed by atoms with van der Waals surface area (Å²) in [5, 5.41) is 7.23. The molecule has 10 aromatic carbocycles. The number of hydrogen-bond acceptors (Lipinski definition) is 3. The Hall–Kier alpha value is -7.72. The van der Waals surface area contributed by atoms with Crippen LogP contribution in [0, 0.1) is 0 Å². The van der Waals surface area contributed by atoms with Gasteiger partial charge in [-0.15, -0.1) is 11.3 Å². The van der Waals surface area contributed by atoms with E-state index in [9.17, 15) is 0 Å². The molecule has 0 saturated carbocycles. The maximum absolute atomic E-state index is 5.30. The van der Waals surface area contributed by atoms with E-state index in [2.05, 4.69) is 200 Å². The van der Waals surface area contributed by atoms with E-state index in [0.717, 1.165) is 38.6 Å². The van der Waals surface area contributed by atoms with Gasteiger partial charge < -0.3 is 0 Å². The van der Waals surface area contributed by atoms with Gasteiger partial charge in [0, 0.05) is 36.5 Å². The Morgan fingerprint density at radius 1 is 0.323 bits per heavy atom. The predicted molar refractivity (Wildman–Crippen MR) is 260 cm³/mol. The Bertz CT molecular complexity index is 3790. The molecule has 12 aromatic rings. The summed E-state index contributed by atoms with van der Waals surface area (Å²) in [6.45, 7) is 0. The zero-order valence-electron chi connectivity index (χ0n) is 33.4. The molecule has 0 radical (unpaired) electrons. The largest absolute Gasteiger partial charge is 0.252 e. The van der Waals surface area contributed by atoms with Crippen molar-refractivity contribution in [1.29, 1.82) is 0 Å². The third-order valence-electron chi connectivity index (χ3n) is 13.7. The van der Waals surface area contributed by atoms with Crippen molar-refractivity contribution in [2.24, 2.45) is 0 Å². The van der Waals surface area contributed by atoms with Gasteiger partial charge in [0.15, 0.2) is 0 Å². The Kier molecular flexibility index (Phi) is 6.95. The normalized spacial score (nSPS) is 13.3. The smallest absolute Gasteiger partial charge is 0.0979 e. The molecular formula is C59H34N2S. The number of hydrogen-bond donors (Lipinski definition) is 0. The number of nitrogens with zero attached hydrogens (tertiary/aromatic N) is 2. The van der Waals surface area contributed by atoms with E-state index in [1.807, 2.05) is 17.5 Å². The molecule has 2 aliphatic carbocycles. The van der Waals surface area contributed by atoms with Crippen molar-refractivity contribution in [2.45, 2.75) is 5.41 Å². The SMILES string of the molecule is c1cc(-c2ccc3sc4ccc(-c5ccc6c(c5)C5(c7ccccc7-c7ccccc75)c5ccccc5-6)cc4c3c2)cc(-c2cnc3c4ccccc4c4ccccc4c3n2)c1. The highest BCUT2D eigenvalue weighted by Crippen LogP contribution is 2.63. The molecule has 62 heavy (non-hydrogen) atoms. The van der Waals surface area contributed by atoms with Gasteiger partial charge in [-0.1, -0.05) is 164 Å². The molecule has 1 spiro atoms. The Morgan fingerprint density at radius 2 is 0.790 bits per heavy atom. The van der Waals surface area contributed by atoms with Crippen molar-refractivity contribution in [3.05, 3.63) is 229 Å². The Balaban J connectivity index is 0.884. The van der Waals surface area contributed by atoms with Crippen LogP contribution in [0.15, 0.2) is 206 Å². The maximum Gasteiger partial charge on any atom is 0.0979 e. The average molecular weight is 803 g/mol. The second-order valence-electron chi connectivity index (χ2n) is 16.8. The van der Waals surface area contributed by atoms with Gasteiger partial charge in [-0.25, -0.2) is 4.98 Å². The van der Waals surface area contributed by atoms with E-state index in [1.165, 1.54) is 92.1 Å². The predicted octanol–water partition coefficient (Wildman–Crippen LogP) is 15.6. The minimum absolute atomic E-state index is 0.363. The van der Waals surface area contributed by atoms with Crippen LogP contribution in [-0.4, -0.2) is 9.97 Å². The van der Waals surface area contributed by atoms with Crippen molar-refractivity contribution >= 4 is 64.1 Å². The molecule has 2 nitrogen and oxygen atoms in total. The van der Waals surface area contributed by atoms with Gasteiger partial charge in [-0.3, -0.25) is 4.98 Å². The zero-order valence-corrected chi connectivity index (χ0v) is 34.2. The van der Waals surface area contributed by atoms with Crippen LogP contribution in [0.2, 0.25) is 0 Å². The molecule has 2 aromatic heterocycles. The van der Waals surface area contributed by atoms with E-state index in [1.54, 1.807) is 0 Å². The minimum Gasteiger partial charge on any atom is -0.252 e. The Labute approximate surface area is 362 Å². The molecule has 2 heterocycles. The van der Waals surface area contributed by atoms with E-state index < -0.39 is 0 Å². The summed E-state index contributed by atoms with van der Waals surface area (Å²) in [7, 11) is 0. The zero-order chi connectivity index (χ0) is 40.5. The van der Waals surface area contributed by atoms with Gasteiger partial charge in [0.25, 0.3) is 0 Å². The second kappa shape index (κ2) is 12.7. The molecular weight excluding hydrogens is 769 g/mol. The summed E-state index contributed by atoms with van der Waals surface area (Å²) < 4.78 is 2.59. The number of benzene rings is 10. The lowest BCUT2D eigenvalue weighted by Crippen LogP contribution is -2.25. The highest BCUT2D eigenvalue weighted by atomic mass is 32.1. The third kappa shape index (κ3) is 4.58. The summed E-state index contributed by atoms with van der Waals surface area (Å²) in [4.78, 5) is 10.3. The van der Waals surface area contributed by atoms with Crippen molar-refractivity contribution in [3.8, 4) is 55.8 Å². The van der Waals surface area contributed by atoms with Crippen molar-refractivity contribution in [3.63, 3.8) is 0 Å². The molecule has 2 aliphatic rings. The molecule has 0 unspecified atom stereocenters. The molecule has 286 valence electrons. The van der Waals surface area contributed by atoms with Crippen LogP contribution in [0.1, 0.15) is 22.3 Å². The lowest BCUT2D eigenvalue weighted by molar-refractivity contribution is 0.794. The first-order valence-corrected chi connectivity index (χ1v) is 22.1. The molecule has 14 rings (SSSR count). The van der Waals surface area contributed by atoms with Gasteiger partial charge in [0.05, 0.1) is 28.3 Å². The van der Waals surface area contributed by atoms with Crippen LogP contribution >= 0.6 is 11.3 Å². The summed E-state index contributed by atoms with van der Waals surface area (Å²) in [6.07, 6.45) is 1.93. The molecule has 0 aliphatic heterocycles. The summed E-state index contributed by atoms with van der Waals surface area (Å²) >= 11 is 1.87. The van der Waals surface area contributed by atoms with E-state index in [0.29, 0.717) is 0 Å². The molecule has 3 heteroatoms. The molecule has 0 amide bonds.